The number of carbonyl (C=O) groups is 1. The van der Waals surface area contributed by atoms with Gasteiger partial charge in [0, 0.05) is 5.56 Å². The summed E-state index contributed by atoms with van der Waals surface area (Å²) in [4.78, 5) is 10.8. The molecular weight excluding hydrogens is 164 g/mol. The second kappa shape index (κ2) is 4.11. The van der Waals surface area contributed by atoms with Gasteiger partial charge < -0.3 is 5.48 Å². The van der Waals surface area contributed by atoms with Crippen molar-refractivity contribution in [3.8, 4) is 0 Å². The fourth-order valence-electron chi connectivity index (χ4n) is 0.747. The number of hydrogen-bond acceptors (Lipinski definition) is 1. The Labute approximate surface area is 70.1 Å². The maximum atomic E-state index is 10.8. The van der Waals surface area contributed by atoms with Crippen LogP contribution in [-0.4, -0.2) is 11.3 Å². The van der Waals surface area contributed by atoms with Crippen LogP contribution < -0.4 is 0 Å². The first kappa shape index (κ1) is 10.1. The summed E-state index contributed by atoms with van der Waals surface area (Å²) in [7, 11) is 0. The third kappa shape index (κ3) is 2.33. The predicted octanol–water partition coefficient (Wildman–Crippen LogP) is 1.72. The molecular formula is C8H9ClO2. The van der Waals surface area contributed by atoms with E-state index < -0.39 is 0 Å². The Balaban J connectivity index is 0.000001000. The molecule has 1 aromatic carbocycles. The highest BCUT2D eigenvalue weighted by molar-refractivity contribution is 6.33. The van der Waals surface area contributed by atoms with Gasteiger partial charge in [-0.3, -0.25) is 4.79 Å². The smallest absolute Gasteiger partial charge is 0.161 e. The quantitative estimate of drug-likeness (QED) is 0.595. The van der Waals surface area contributed by atoms with Crippen molar-refractivity contribution >= 4 is 17.4 Å². The fourth-order valence-corrected chi connectivity index (χ4v) is 1.02. The summed E-state index contributed by atoms with van der Waals surface area (Å²) in [6.07, 6.45) is 0. The summed E-state index contributed by atoms with van der Waals surface area (Å²) in [5.74, 6) is 0.00519. The van der Waals surface area contributed by atoms with Crippen LogP contribution in [0, 0.1) is 0 Å². The average molecular weight is 173 g/mol. The normalized spacial score (nSPS) is 8.55. The Hall–Kier alpha value is -0.860. The highest BCUT2D eigenvalue weighted by Crippen LogP contribution is 2.14. The molecule has 0 spiro atoms. The molecule has 0 bridgehead atoms. The molecule has 0 aliphatic carbocycles. The summed E-state index contributed by atoms with van der Waals surface area (Å²) in [5, 5.41) is 0.523. The fraction of sp³-hybridized carbons (Fsp3) is 0.125. The molecule has 1 aromatic rings. The van der Waals surface area contributed by atoms with Crippen LogP contribution in [0.1, 0.15) is 17.3 Å². The van der Waals surface area contributed by atoms with Gasteiger partial charge in [0.25, 0.3) is 0 Å². The van der Waals surface area contributed by atoms with Gasteiger partial charge in [-0.05, 0) is 19.1 Å². The Bertz CT molecular complexity index is 258. The lowest BCUT2D eigenvalue weighted by molar-refractivity contribution is 0.101. The number of hydrogen-bond donors (Lipinski definition) is 0. The predicted molar refractivity (Wildman–Crippen MR) is 45.1 cm³/mol. The standard InChI is InChI=1S/C8H7ClO.H2O/c1-6(10)7-4-2-3-5-8(7)9;/h2-5H,1H3;1H2. The molecule has 60 valence electrons. The Morgan fingerprint density at radius 1 is 1.36 bits per heavy atom. The van der Waals surface area contributed by atoms with Gasteiger partial charge in [-0.2, -0.15) is 0 Å². The van der Waals surface area contributed by atoms with Crippen molar-refractivity contribution in [2.24, 2.45) is 0 Å². The molecule has 11 heavy (non-hydrogen) atoms. The zero-order valence-corrected chi connectivity index (χ0v) is 6.85. The summed E-state index contributed by atoms with van der Waals surface area (Å²) in [6.45, 7) is 1.50. The van der Waals surface area contributed by atoms with E-state index in [1.807, 2.05) is 0 Å². The zero-order chi connectivity index (χ0) is 7.56. The van der Waals surface area contributed by atoms with Gasteiger partial charge in [-0.15, -0.1) is 0 Å². The third-order valence-corrected chi connectivity index (χ3v) is 1.58. The highest BCUT2D eigenvalue weighted by Gasteiger charge is 2.01. The Kier molecular flexibility index (Phi) is 3.79. The van der Waals surface area contributed by atoms with E-state index in [2.05, 4.69) is 0 Å². The molecule has 0 heterocycles. The van der Waals surface area contributed by atoms with Crippen LogP contribution in [0.25, 0.3) is 0 Å². The Morgan fingerprint density at radius 3 is 2.27 bits per heavy atom. The van der Waals surface area contributed by atoms with Crippen LogP contribution in [0.4, 0.5) is 0 Å². The number of halogens is 1. The molecule has 0 aliphatic heterocycles. The second-order valence-electron chi connectivity index (χ2n) is 2.04. The van der Waals surface area contributed by atoms with E-state index in [1.165, 1.54) is 6.92 Å². The monoisotopic (exact) mass is 172 g/mol. The van der Waals surface area contributed by atoms with Crippen LogP contribution >= 0.6 is 11.6 Å². The van der Waals surface area contributed by atoms with Crippen molar-refractivity contribution in [2.75, 3.05) is 0 Å². The summed E-state index contributed by atoms with van der Waals surface area (Å²) < 4.78 is 0. The molecule has 0 fully saturated rings. The molecule has 2 nitrogen and oxygen atoms in total. The van der Waals surface area contributed by atoms with Crippen LogP contribution in [0.2, 0.25) is 5.02 Å². The Morgan fingerprint density at radius 2 is 1.91 bits per heavy atom. The first-order chi connectivity index (χ1) is 4.72. The zero-order valence-electron chi connectivity index (χ0n) is 6.10. The lowest BCUT2D eigenvalue weighted by atomic mass is 10.1. The van der Waals surface area contributed by atoms with Gasteiger partial charge in [0.15, 0.2) is 5.78 Å². The molecule has 0 radical (unpaired) electrons. The summed E-state index contributed by atoms with van der Waals surface area (Å²) in [5.41, 5.74) is 0.587. The summed E-state index contributed by atoms with van der Waals surface area (Å²) >= 11 is 5.70. The van der Waals surface area contributed by atoms with Gasteiger partial charge in [0.1, 0.15) is 0 Å². The molecule has 0 unspecified atom stereocenters. The van der Waals surface area contributed by atoms with Crippen LogP contribution in [0.3, 0.4) is 0 Å². The minimum Gasteiger partial charge on any atom is -0.412 e. The van der Waals surface area contributed by atoms with Gasteiger partial charge in [-0.25, -0.2) is 0 Å². The van der Waals surface area contributed by atoms with Gasteiger partial charge in [-0.1, -0.05) is 23.7 Å². The number of ketones is 1. The third-order valence-electron chi connectivity index (χ3n) is 1.25. The molecule has 0 atom stereocenters. The maximum absolute atomic E-state index is 10.8. The maximum Gasteiger partial charge on any atom is 0.161 e. The van der Waals surface area contributed by atoms with Gasteiger partial charge >= 0.3 is 0 Å². The first-order valence-electron chi connectivity index (χ1n) is 2.97. The van der Waals surface area contributed by atoms with Crippen LogP contribution in [0.15, 0.2) is 24.3 Å². The molecule has 0 amide bonds. The number of rotatable bonds is 1. The lowest BCUT2D eigenvalue weighted by Gasteiger charge is -1.95. The van der Waals surface area contributed by atoms with Crippen molar-refractivity contribution in [3.63, 3.8) is 0 Å². The SMILES string of the molecule is CC(=O)c1ccccc1Cl.O. The second-order valence-corrected chi connectivity index (χ2v) is 2.44. The molecule has 1 rings (SSSR count). The number of Topliss-reactive ketones (excluding diaryl/α,β-unsaturated/α-hetero) is 1. The minimum atomic E-state index is 0. The van der Waals surface area contributed by atoms with Gasteiger partial charge in [0.2, 0.25) is 0 Å². The molecule has 2 N–H and O–H groups in total. The van der Waals surface area contributed by atoms with Crippen molar-refractivity contribution in [3.05, 3.63) is 34.9 Å². The van der Waals surface area contributed by atoms with E-state index in [4.69, 9.17) is 11.6 Å². The molecule has 0 aliphatic rings. The van der Waals surface area contributed by atoms with E-state index in [-0.39, 0.29) is 11.3 Å². The van der Waals surface area contributed by atoms with Crippen LogP contribution in [0.5, 0.6) is 0 Å². The van der Waals surface area contributed by atoms with E-state index in [0.717, 1.165) is 0 Å². The van der Waals surface area contributed by atoms with Crippen LogP contribution in [-0.2, 0) is 0 Å². The first-order valence-corrected chi connectivity index (χ1v) is 3.35. The van der Waals surface area contributed by atoms with E-state index in [1.54, 1.807) is 24.3 Å². The van der Waals surface area contributed by atoms with Crippen molar-refractivity contribution < 1.29 is 10.3 Å². The number of carbonyl (C=O) groups excluding carboxylic acids is 1. The summed E-state index contributed by atoms with van der Waals surface area (Å²) in [6, 6.07) is 7.01. The van der Waals surface area contributed by atoms with E-state index in [9.17, 15) is 4.79 Å². The topological polar surface area (TPSA) is 48.6 Å². The van der Waals surface area contributed by atoms with E-state index in [0.29, 0.717) is 10.6 Å². The lowest BCUT2D eigenvalue weighted by Crippen LogP contribution is -1.91. The molecule has 3 heteroatoms. The highest BCUT2D eigenvalue weighted by atomic mass is 35.5. The van der Waals surface area contributed by atoms with Gasteiger partial charge in [0.05, 0.1) is 5.02 Å². The number of benzene rings is 1. The van der Waals surface area contributed by atoms with Crippen molar-refractivity contribution in [1.29, 1.82) is 0 Å². The van der Waals surface area contributed by atoms with E-state index >= 15 is 0 Å². The minimum absolute atomic E-state index is 0. The molecule has 0 saturated heterocycles. The van der Waals surface area contributed by atoms with Crippen molar-refractivity contribution in [2.45, 2.75) is 6.92 Å². The largest absolute Gasteiger partial charge is 0.412 e. The molecule has 0 aromatic heterocycles. The van der Waals surface area contributed by atoms with Crippen molar-refractivity contribution in [1.82, 2.24) is 0 Å². The molecule has 0 saturated carbocycles. The average Bonchev–Trinajstić information content (AvgIpc) is 1.88.